The Morgan fingerprint density at radius 3 is 2.25 bits per heavy atom. The van der Waals surface area contributed by atoms with Crippen LogP contribution in [0.15, 0.2) is 0 Å². The minimum atomic E-state index is -1.37. The fraction of sp³-hybridized carbons (Fsp3) is 0.833. The van der Waals surface area contributed by atoms with E-state index in [1.807, 2.05) is 0 Å². The fourth-order valence-corrected chi connectivity index (χ4v) is 0.686. The van der Waals surface area contributed by atoms with E-state index in [-0.39, 0.29) is 13.0 Å². The first-order chi connectivity index (χ1) is 5.49. The summed E-state index contributed by atoms with van der Waals surface area (Å²) >= 11 is 0. The number of carbonyl (C=O) groups is 1. The van der Waals surface area contributed by atoms with Crippen LogP contribution in [-0.4, -0.2) is 46.1 Å². The smallest absolute Gasteiger partial charge is 0.323 e. The zero-order valence-electron chi connectivity index (χ0n) is 6.55. The molecular weight excluding hydrogens is 164 g/mol. The molecule has 0 rings (SSSR count). The average molecular weight is 178 g/mol. The van der Waals surface area contributed by atoms with Crippen molar-refractivity contribution in [1.82, 2.24) is 0 Å². The zero-order chi connectivity index (χ0) is 9.72. The van der Waals surface area contributed by atoms with Crippen molar-refractivity contribution in [3.63, 3.8) is 0 Å². The Morgan fingerprint density at radius 2 is 1.92 bits per heavy atom. The number of carboxylic acid groups (broad SMARTS) is 1. The number of aliphatic hydroxyl groups excluding tert-OH is 2. The molecule has 0 fully saturated rings. The zero-order valence-corrected chi connectivity index (χ0v) is 6.55. The Morgan fingerprint density at radius 1 is 1.42 bits per heavy atom. The molecule has 6 heteroatoms. The van der Waals surface area contributed by atoms with Gasteiger partial charge in [-0.2, -0.15) is 0 Å². The number of nitrogens with two attached hydrogens (primary N) is 2. The Bertz CT molecular complexity index is 152. The second-order valence-electron chi connectivity index (χ2n) is 2.56. The molecule has 0 heterocycles. The van der Waals surface area contributed by atoms with Crippen LogP contribution in [0.4, 0.5) is 0 Å². The van der Waals surface area contributed by atoms with E-state index in [2.05, 4.69) is 0 Å². The summed E-state index contributed by atoms with van der Waals surface area (Å²) in [4.78, 5) is 10.2. The van der Waals surface area contributed by atoms with Crippen molar-refractivity contribution >= 4 is 5.97 Å². The van der Waals surface area contributed by atoms with Gasteiger partial charge in [-0.05, 0) is 0 Å². The van der Waals surface area contributed by atoms with Gasteiger partial charge >= 0.3 is 5.97 Å². The van der Waals surface area contributed by atoms with Gasteiger partial charge in [0.15, 0.2) is 0 Å². The van der Waals surface area contributed by atoms with Gasteiger partial charge in [-0.1, -0.05) is 0 Å². The Kier molecular flexibility index (Phi) is 4.75. The summed E-state index contributed by atoms with van der Waals surface area (Å²) in [6.45, 7) is -0.0244. The molecule has 12 heavy (non-hydrogen) atoms. The second-order valence-corrected chi connectivity index (χ2v) is 2.56. The number of aliphatic carboxylic acids is 1. The van der Waals surface area contributed by atoms with Crippen molar-refractivity contribution in [2.45, 2.75) is 24.7 Å². The van der Waals surface area contributed by atoms with Crippen LogP contribution in [0, 0.1) is 0 Å². The molecule has 0 aromatic rings. The highest BCUT2D eigenvalue weighted by atomic mass is 16.4. The lowest BCUT2D eigenvalue weighted by atomic mass is 10.1. The minimum absolute atomic E-state index is 0.0244. The summed E-state index contributed by atoms with van der Waals surface area (Å²) in [6.07, 6.45) is -2.30. The van der Waals surface area contributed by atoms with Crippen molar-refractivity contribution in [2.75, 3.05) is 6.54 Å². The van der Waals surface area contributed by atoms with Gasteiger partial charge in [0, 0.05) is 13.0 Å². The lowest BCUT2D eigenvalue weighted by Crippen LogP contribution is -2.44. The molecule has 0 bridgehead atoms. The number of rotatable bonds is 5. The molecule has 0 amide bonds. The lowest BCUT2D eigenvalue weighted by Gasteiger charge is -2.17. The molecule has 0 unspecified atom stereocenters. The van der Waals surface area contributed by atoms with E-state index in [1.165, 1.54) is 0 Å². The molecule has 0 aromatic heterocycles. The van der Waals surface area contributed by atoms with Gasteiger partial charge in [0.05, 0.1) is 12.2 Å². The van der Waals surface area contributed by atoms with Gasteiger partial charge in [0.1, 0.15) is 6.04 Å². The summed E-state index contributed by atoms with van der Waals surface area (Å²) in [5, 5.41) is 26.3. The van der Waals surface area contributed by atoms with Crippen molar-refractivity contribution in [2.24, 2.45) is 11.5 Å². The molecule has 6 nitrogen and oxygen atoms in total. The van der Waals surface area contributed by atoms with Crippen LogP contribution in [0.3, 0.4) is 0 Å². The maximum atomic E-state index is 10.2. The van der Waals surface area contributed by atoms with Crippen LogP contribution in [0.5, 0.6) is 0 Å². The molecule has 0 radical (unpaired) electrons. The highest BCUT2D eigenvalue weighted by Crippen LogP contribution is 2.00. The van der Waals surface area contributed by atoms with E-state index in [0.717, 1.165) is 0 Å². The summed E-state index contributed by atoms with van der Waals surface area (Å²) in [5.41, 5.74) is 10.1. The average Bonchev–Trinajstić information content (AvgIpc) is 2.02. The number of carboxylic acids is 1. The molecule has 7 N–H and O–H groups in total. The molecule has 0 aliphatic rings. The fourth-order valence-electron chi connectivity index (χ4n) is 0.686. The van der Waals surface area contributed by atoms with Gasteiger partial charge < -0.3 is 26.8 Å². The van der Waals surface area contributed by atoms with E-state index in [4.69, 9.17) is 26.8 Å². The van der Waals surface area contributed by atoms with Crippen molar-refractivity contribution in [3.8, 4) is 0 Å². The predicted molar refractivity (Wildman–Crippen MR) is 41.3 cm³/mol. The highest BCUT2D eigenvalue weighted by Gasteiger charge is 2.23. The van der Waals surface area contributed by atoms with Crippen LogP contribution < -0.4 is 11.5 Å². The largest absolute Gasteiger partial charge is 0.480 e. The second kappa shape index (κ2) is 5.04. The van der Waals surface area contributed by atoms with Crippen LogP contribution >= 0.6 is 0 Å². The van der Waals surface area contributed by atoms with Gasteiger partial charge in [-0.25, -0.2) is 0 Å². The Labute approximate surface area is 69.8 Å². The number of hydrogen-bond acceptors (Lipinski definition) is 5. The van der Waals surface area contributed by atoms with Crippen LogP contribution in [0.25, 0.3) is 0 Å². The Balaban J connectivity index is 3.86. The van der Waals surface area contributed by atoms with E-state index < -0.39 is 24.2 Å². The van der Waals surface area contributed by atoms with Crippen LogP contribution in [0.1, 0.15) is 6.42 Å². The third-order valence-electron chi connectivity index (χ3n) is 1.49. The molecule has 3 atom stereocenters. The topological polar surface area (TPSA) is 130 Å². The first-order valence-electron chi connectivity index (χ1n) is 3.53. The molecule has 0 spiro atoms. The summed E-state index contributed by atoms with van der Waals surface area (Å²) in [6, 6.07) is -1.37. The van der Waals surface area contributed by atoms with Gasteiger partial charge in [-0.15, -0.1) is 0 Å². The maximum Gasteiger partial charge on any atom is 0.323 e. The third kappa shape index (κ3) is 3.63. The summed E-state index contributed by atoms with van der Waals surface area (Å²) < 4.78 is 0. The molecule has 72 valence electrons. The monoisotopic (exact) mass is 178 g/mol. The lowest BCUT2D eigenvalue weighted by molar-refractivity contribution is -0.141. The van der Waals surface area contributed by atoms with Crippen LogP contribution in [-0.2, 0) is 4.79 Å². The summed E-state index contributed by atoms with van der Waals surface area (Å²) in [5.74, 6) is -1.30. The first-order valence-corrected chi connectivity index (χ1v) is 3.53. The Hall–Kier alpha value is -0.690. The predicted octanol–water partition coefficient (Wildman–Crippen LogP) is -2.53. The van der Waals surface area contributed by atoms with Gasteiger partial charge in [-0.3, -0.25) is 4.79 Å². The van der Waals surface area contributed by atoms with E-state index in [9.17, 15) is 4.79 Å². The number of aliphatic hydroxyl groups is 2. The summed E-state index contributed by atoms with van der Waals surface area (Å²) in [7, 11) is 0. The quantitative estimate of drug-likeness (QED) is 0.315. The maximum absolute atomic E-state index is 10.2. The third-order valence-corrected chi connectivity index (χ3v) is 1.49. The number of hydrogen-bond donors (Lipinski definition) is 5. The van der Waals surface area contributed by atoms with Gasteiger partial charge in [0.2, 0.25) is 0 Å². The van der Waals surface area contributed by atoms with Crippen LogP contribution in [0.2, 0.25) is 0 Å². The van der Waals surface area contributed by atoms with Crippen molar-refractivity contribution in [3.05, 3.63) is 0 Å². The van der Waals surface area contributed by atoms with E-state index in [1.54, 1.807) is 0 Å². The SMILES string of the molecule is NC[C@H](O)C[C@H](O)[C@H](N)C(=O)O. The first kappa shape index (κ1) is 11.3. The molecular formula is C6H14N2O4. The van der Waals surface area contributed by atoms with E-state index in [0.29, 0.717) is 0 Å². The molecule has 0 aliphatic carbocycles. The molecule has 0 aliphatic heterocycles. The molecule has 0 aromatic carbocycles. The minimum Gasteiger partial charge on any atom is -0.480 e. The van der Waals surface area contributed by atoms with E-state index >= 15 is 0 Å². The molecule has 0 saturated carbocycles. The normalized spacial score (nSPS) is 18.3. The van der Waals surface area contributed by atoms with Crippen molar-refractivity contribution < 1.29 is 20.1 Å². The molecule has 0 saturated heterocycles. The van der Waals surface area contributed by atoms with Crippen molar-refractivity contribution in [1.29, 1.82) is 0 Å². The standard InChI is InChI=1S/C6H14N2O4/c7-2-3(9)1-4(10)5(8)6(11)12/h3-5,9-10H,1-2,7-8H2,(H,11,12)/t3-,4+,5+/m1/s1. The van der Waals surface area contributed by atoms with Gasteiger partial charge in [0.25, 0.3) is 0 Å². The highest BCUT2D eigenvalue weighted by molar-refractivity contribution is 5.73.